The van der Waals surface area contributed by atoms with E-state index in [0.29, 0.717) is 22.6 Å². The quantitative estimate of drug-likeness (QED) is 0.565. The molecule has 1 aromatic carbocycles. The first-order valence-corrected chi connectivity index (χ1v) is 5.40. The topological polar surface area (TPSA) is 84.7 Å². The zero-order valence-electron chi connectivity index (χ0n) is 9.50. The van der Waals surface area contributed by atoms with Crippen molar-refractivity contribution in [3.63, 3.8) is 0 Å². The maximum Gasteiger partial charge on any atom is 0.289 e. The van der Waals surface area contributed by atoms with E-state index in [1.807, 2.05) is 0 Å². The average Bonchev–Trinajstić information content (AvgIpc) is 2.81. The van der Waals surface area contributed by atoms with Crippen LogP contribution in [0.15, 0.2) is 36.5 Å². The molecular formula is C12H7FN4O2. The highest BCUT2D eigenvalue weighted by atomic mass is 19.1. The van der Waals surface area contributed by atoms with Crippen LogP contribution in [0.1, 0.15) is 0 Å². The predicted octanol–water partition coefficient (Wildman–Crippen LogP) is 2.67. The molecule has 19 heavy (non-hydrogen) atoms. The normalized spacial score (nSPS) is 10.8. The van der Waals surface area contributed by atoms with E-state index in [2.05, 4.69) is 15.0 Å². The molecule has 94 valence electrons. The molecule has 0 fully saturated rings. The van der Waals surface area contributed by atoms with Crippen molar-refractivity contribution < 1.29 is 9.31 Å². The summed E-state index contributed by atoms with van der Waals surface area (Å²) in [6.45, 7) is 0. The van der Waals surface area contributed by atoms with Gasteiger partial charge in [-0.3, -0.25) is 10.1 Å². The van der Waals surface area contributed by atoms with Gasteiger partial charge in [0.15, 0.2) is 5.65 Å². The van der Waals surface area contributed by atoms with Gasteiger partial charge >= 0.3 is 0 Å². The number of aromatic nitrogens is 3. The Bertz CT molecular complexity index is 784. The van der Waals surface area contributed by atoms with Crippen LogP contribution in [0.2, 0.25) is 0 Å². The van der Waals surface area contributed by atoms with E-state index < -0.39 is 10.7 Å². The number of nitrogens with one attached hydrogen (secondary N) is 1. The molecule has 3 aromatic rings. The summed E-state index contributed by atoms with van der Waals surface area (Å²) in [7, 11) is 0. The number of hydrogen-bond donors (Lipinski definition) is 1. The third-order valence-electron chi connectivity index (χ3n) is 2.66. The minimum atomic E-state index is -0.552. The molecule has 3 rings (SSSR count). The van der Waals surface area contributed by atoms with Gasteiger partial charge in [0.1, 0.15) is 23.4 Å². The first kappa shape index (κ1) is 11.3. The predicted molar refractivity (Wildman–Crippen MR) is 65.9 cm³/mol. The lowest BCUT2D eigenvalue weighted by Crippen LogP contribution is -1.88. The number of H-pyrrole nitrogens is 1. The van der Waals surface area contributed by atoms with Crippen molar-refractivity contribution in [3.8, 4) is 11.4 Å². The van der Waals surface area contributed by atoms with E-state index >= 15 is 0 Å². The van der Waals surface area contributed by atoms with Gasteiger partial charge in [-0.1, -0.05) is 12.1 Å². The molecule has 0 saturated carbocycles. The molecular weight excluding hydrogens is 251 g/mol. The third-order valence-corrected chi connectivity index (χ3v) is 2.66. The van der Waals surface area contributed by atoms with Crippen LogP contribution in [0.4, 0.5) is 10.1 Å². The van der Waals surface area contributed by atoms with Gasteiger partial charge in [0.25, 0.3) is 5.69 Å². The number of rotatable bonds is 2. The van der Waals surface area contributed by atoms with Gasteiger partial charge in [-0.15, -0.1) is 0 Å². The number of nitro groups is 1. The molecule has 1 N–H and O–H groups in total. The molecule has 6 nitrogen and oxygen atoms in total. The Morgan fingerprint density at radius 1 is 1.32 bits per heavy atom. The van der Waals surface area contributed by atoms with Gasteiger partial charge in [0.05, 0.1) is 10.5 Å². The Morgan fingerprint density at radius 2 is 2.11 bits per heavy atom. The first-order valence-electron chi connectivity index (χ1n) is 5.40. The standard InChI is InChI=1S/C12H7FN4O2/c13-9-4-2-1-3-8(9)11-15-10-5-7(17(18)19)6-14-12(10)16-11/h1-6H,(H,14,15,16). The van der Waals surface area contributed by atoms with E-state index in [-0.39, 0.29) is 5.69 Å². The van der Waals surface area contributed by atoms with Crippen molar-refractivity contribution in [2.24, 2.45) is 0 Å². The molecule has 0 atom stereocenters. The van der Waals surface area contributed by atoms with Crippen LogP contribution in [-0.4, -0.2) is 19.9 Å². The Balaban J connectivity index is 2.17. The molecule has 0 aliphatic rings. The second-order valence-electron chi connectivity index (χ2n) is 3.88. The van der Waals surface area contributed by atoms with Crippen LogP contribution in [0.25, 0.3) is 22.6 Å². The second kappa shape index (κ2) is 4.13. The Labute approximate surface area is 106 Å². The van der Waals surface area contributed by atoms with Crippen molar-refractivity contribution in [1.82, 2.24) is 15.0 Å². The highest BCUT2D eigenvalue weighted by Crippen LogP contribution is 2.23. The molecule has 0 aliphatic carbocycles. The minimum Gasteiger partial charge on any atom is -0.323 e. The van der Waals surface area contributed by atoms with Crippen LogP contribution < -0.4 is 0 Å². The summed E-state index contributed by atoms with van der Waals surface area (Å²) in [6.07, 6.45) is 1.13. The molecule has 7 heteroatoms. The number of fused-ring (bicyclic) bond motifs is 1. The fourth-order valence-corrected chi connectivity index (χ4v) is 1.77. The van der Waals surface area contributed by atoms with Crippen molar-refractivity contribution in [2.75, 3.05) is 0 Å². The molecule has 0 unspecified atom stereocenters. The number of benzene rings is 1. The number of pyridine rings is 1. The molecule has 0 aliphatic heterocycles. The summed E-state index contributed by atoms with van der Waals surface area (Å²) in [4.78, 5) is 20.9. The number of nitrogens with zero attached hydrogens (tertiary/aromatic N) is 3. The summed E-state index contributed by atoms with van der Waals surface area (Å²) in [5.74, 6) is -0.128. The van der Waals surface area contributed by atoms with E-state index in [9.17, 15) is 14.5 Å². The SMILES string of the molecule is O=[N+]([O-])c1cnc2[nH]c(-c3ccccc3F)nc2c1. The lowest BCUT2D eigenvalue weighted by Gasteiger charge is -1.96. The first-order chi connectivity index (χ1) is 9.15. The van der Waals surface area contributed by atoms with Crippen LogP contribution >= 0.6 is 0 Å². The van der Waals surface area contributed by atoms with Crippen molar-refractivity contribution in [3.05, 3.63) is 52.5 Å². The highest BCUT2D eigenvalue weighted by Gasteiger charge is 2.13. The van der Waals surface area contributed by atoms with E-state index in [1.165, 1.54) is 12.1 Å². The molecule has 0 radical (unpaired) electrons. The van der Waals surface area contributed by atoms with E-state index in [1.54, 1.807) is 18.2 Å². The lowest BCUT2D eigenvalue weighted by molar-refractivity contribution is -0.385. The molecule has 0 saturated heterocycles. The van der Waals surface area contributed by atoms with Gasteiger partial charge in [0, 0.05) is 6.07 Å². The largest absolute Gasteiger partial charge is 0.323 e. The van der Waals surface area contributed by atoms with Gasteiger partial charge in [-0.05, 0) is 12.1 Å². The summed E-state index contributed by atoms with van der Waals surface area (Å²) in [5, 5.41) is 10.6. The third kappa shape index (κ3) is 1.90. The van der Waals surface area contributed by atoms with Crippen molar-refractivity contribution >= 4 is 16.9 Å². The minimum absolute atomic E-state index is 0.154. The molecule has 0 amide bonds. The monoisotopic (exact) mass is 258 g/mol. The van der Waals surface area contributed by atoms with Gasteiger partial charge in [-0.25, -0.2) is 14.4 Å². The maximum atomic E-state index is 13.6. The van der Waals surface area contributed by atoms with Crippen LogP contribution in [-0.2, 0) is 0 Å². The summed E-state index contributed by atoms with van der Waals surface area (Å²) < 4.78 is 13.6. The van der Waals surface area contributed by atoms with Crippen LogP contribution in [0.5, 0.6) is 0 Å². The van der Waals surface area contributed by atoms with Crippen LogP contribution in [0, 0.1) is 15.9 Å². The molecule has 0 spiro atoms. The molecule has 2 heterocycles. The smallest absolute Gasteiger partial charge is 0.289 e. The molecule has 2 aromatic heterocycles. The number of hydrogen-bond acceptors (Lipinski definition) is 4. The number of halogens is 1. The average molecular weight is 258 g/mol. The summed E-state index contributed by atoms with van der Waals surface area (Å²) in [5.41, 5.74) is 0.846. The zero-order chi connectivity index (χ0) is 13.4. The van der Waals surface area contributed by atoms with Gasteiger partial charge in [-0.2, -0.15) is 0 Å². The van der Waals surface area contributed by atoms with Gasteiger partial charge < -0.3 is 4.98 Å². The zero-order valence-corrected chi connectivity index (χ0v) is 9.50. The van der Waals surface area contributed by atoms with Crippen LogP contribution in [0.3, 0.4) is 0 Å². The fourth-order valence-electron chi connectivity index (χ4n) is 1.77. The maximum absolute atomic E-state index is 13.6. The summed E-state index contributed by atoms with van der Waals surface area (Å²) in [6, 6.07) is 7.44. The number of aromatic amines is 1. The van der Waals surface area contributed by atoms with E-state index in [4.69, 9.17) is 0 Å². The van der Waals surface area contributed by atoms with Crippen molar-refractivity contribution in [1.29, 1.82) is 0 Å². The fraction of sp³-hybridized carbons (Fsp3) is 0. The lowest BCUT2D eigenvalue weighted by atomic mass is 10.2. The Kier molecular flexibility index (Phi) is 2.45. The highest BCUT2D eigenvalue weighted by molar-refractivity contribution is 5.77. The molecule has 0 bridgehead atoms. The van der Waals surface area contributed by atoms with Gasteiger partial charge in [0.2, 0.25) is 0 Å². The van der Waals surface area contributed by atoms with Crippen molar-refractivity contribution in [2.45, 2.75) is 0 Å². The Morgan fingerprint density at radius 3 is 2.84 bits per heavy atom. The number of imidazole rings is 1. The summed E-state index contributed by atoms with van der Waals surface area (Å²) >= 11 is 0. The Hall–Kier alpha value is -2.83. The second-order valence-corrected chi connectivity index (χ2v) is 3.88. The van der Waals surface area contributed by atoms with E-state index in [0.717, 1.165) is 6.20 Å².